The fourth-order valence-corrected chi connectivity index (χ4v) is 7.76. The molecule has 16 heteroatoms. The third-order valence-corrected chi connectivity index (χ3v) is 10.3. The number of hydrogen-bond acceptors (Lipinski definition) is 10. The van der Waals surface area contributed by atoms with Gasteiger partial charge in [0.1, 0.15) is 11.5 Å². The van der Waals surface area contributed by atoms with Crippen molar-refractivity contribution in [1.82, 2.24) is 20.4 Å². The van der Waals surface area contributed by atoms with Crippen molar-refractivity contribution in [2.75, 3.05) is 26.2 Å². The number of nitrogens with zero attached hydrogens (tertiary/aromatic N) is 3. The predicted molar refractivity (Wildman–Crippen MR) is 196 cm³/mol. The zero-order chi connectivity index (χ0) is 37.9. The summed E-state index contributed by atoms with van der Waals surface area (Å²) in [5.41, 5.74) is 0. The van der Waals surface area contributed by atoms with Gasteiger partial charge in [0.15, 0.2) is 0 Å². The first-order valence-electron chi connectivity index (χ1n) is 17.9. The molecule has 0 radical (unpaired) electrons. The van der Waals surface area contributed by atoms with E-state index in [0.717, 1.165) is 0 Å². The van der Waals surface area contributed by atoms with Crippen molar-refractivity contribution in [3.8, 4) is 11.5 Å². The second-order valence-electron chi connectivity index (χ2n) is 13.3. The van der Waals surface area contributed by atoms with Crippen LogP contribution in [0.1, 0.15) is 51.9 Å². The summed E-state index contributed by atoms with van der Waals surface area (Å²) in [6, 6.07) is 15.8. The Hall–Kier alpha value is -4.40. The van der Waals surface area contributed by atoms with E-state index < -0.39 is 59.5 Å². The molecule has 4 amide bonds. The molecule has 7 atom stereocenters. The van der Waals surface area contributed by atoms with Crippen molar-refractivity contribution in [2.24, 2.45) is 16.8 Å². The van der Waals surface area contributed by atoms with Gasteiger partial charge in [-0.15, -0.1) is 23.2 Å². The summed E-state index contributed by atoms with van der Waals surface area (Å²) >= 11 is 12.7. The van der Waals surface area contributed by atoms with Gasteiger partial charge in [0.05, 0.1) is 50.2 Å². The number of alkyl halides is 2. The van der Waals surface area contributed by atoms with Gasteiger partial charge in [-0.25, -0.2) is 24.4 Å². The van der Waals surface area contributed by atoms with Crippen LogP contribution in [0.2, 0.25) is 0 Å². The largest absolute Gasteiger partial charge is 0.466 e. The maximum absolute atomic E-state index is 13.4. The number of nitrogens with one attached hydrogen (secondary N) is 2. The van der Waals surface area contributed by atoms with Crippen molar-refractivity contribution in [1.29, 1.82) is 0 Å². The first kappa shape index (κ1) is 39.8. The van der Waals surface area contributed by atoms with Crippen molar-refractivity contribution >= 4 is 59.1 Å². The molecule has 53 heavy (non-hydrogen) atoms. The number of benzene rings is 2. The molecule has 2 aliphatic carbocycles. The quantitative estimate of drug-likeness (QED) is 0.220. The van der Waals surface area contributed by atoms with Gasteiger partial charge < -0.3 is 30.0 Å². The van der Waals surface area contributed by atoms with Crippen LogP contribution in [0.3, 0.4) is 0 Å². The summed E-state index contributed by atoms with van der Waals surface area (Å²) in [6.45, 7) is 1.68. The molecule has 0 aromatic heterocycles. The van der Waals surface area contributed by atoms with Crippen molar-refractivity contribution < 1.29 is 43.3 Å². The Balaban J connectivity index is 1.24. The van der Waals surface area contributed by atoms with Gasteiger partial charge in [-0.05, 0) is 63.3 Å². The summed E-state index contributed by atoms with van der Waals surface area (Å²) in [5.74, 6) is -1.85. The van der Waals surface area contributed by atoms with E-state index in [1.807, 2.05) is 0 Å². The molecule has 7 unspecified atom stereocenters. The Morgan fingerprint density at radius 3 is 2.08 bits per heavy atom. The molecule has 0 spiro atoms. The molecule has 3 fully saturated rings. The number of hydrogen-bond donors (Lipinski definition) is 3. The molecule has 3 N–H and O–H groups in total. The summed E-state index contributed by atoms with van der Waals surface area (Å²) in [4.78, 5) is 72.9. The van der Waals surface area contributed by atoms with E-state index in [1.165, 1.54) is 9.80 Å². The Bertz CT molecular complexity index is 1550. The lowest BCUT2D eigenvalue weighted by Crippen LogP contribution is -2.53. The summed E-state index contributed by atoms with van der Waals surface area (Å²) < 4.78 is 16.2. The number of guanidine groups is 1. The summed E-state index contributed by atoms with van der Waals surface area (Å²) in [6.07, 6.45) is 0.156. The molecule has 2 aromatic carbocycles. The van der Waals surface area contributed by atoms with Gasteiger partial charge in [-0.2, -0.15) is 0 Å². The van der Waals surface area contributed by atoms with E-state index in [2.05, 4.69) is 10.6 Å². The average molecular weight is 775 g/mol. The van der Waals surface area contributed by atoms with Gasteiger partial charge in [0, 0.05) is 23.3 Å². The topological polar surface area (TPSA) is 176 Å². The van der Waals surface area contributed by atoms with Crippen LogP contribution >= 0.6 is 23.2 Å². The number of ether oxygens (including phenoxy) is 3. The van der Waals surface area contributed by atoms with Gasteiger partial charge >= 0.3 is 18.2 Å². The molecule has 14 nitrogen and oxygen atoms in total. The number of aliphatic hydroxyl groups is 1. The number of rotatable bonds is 11. The van der Waals surface area contributed by atoms with Gasteiger partial charge in [-0.3, -0.25) is 14.4 Å². The van der Waals surface area contributed by atoms with Gasteiger partial charge in [0.2, 0.25) is 17.8 Å². The fraction of sp³-hybridized carbons (Fsp3) is 0.514. The van der Waals surface area contributed by atoms with Crippen molar-refractivity contribution in [3.63, 3.8) is 0 Å². The monoisotopic (exact) mass is 773 g/mol. The SMILES string of the molecule is CCOC(=O)CC(NC(=O)CNC(=O)C1CCCC(N=C2N(C(=O)Oc3ccccc3)CCN2C(=O)Oc2ccccc2)C1)C1CC(Cl)CC(Cl)C1O. The van der Waals surface area contributed by atoms with E-state index in [4.69, 9.17) is 42.4 Å². The molecule has 1 aliphatic heterocycles. The zero-order valence-corrected chi connectivity index (χ0v) is 30.9. The number of halogens is 2. The first-order chi connectivity index (χ1) is 25.5. The van der Waals surface area contributed by atoms with E-state index in [0.29, 0.717) is 50.0 Å². The molecular weight excluding hydrogens is 729 g/mol. The molecule has 2 saturated carbocycles. The minimum atomic E-state index is -1.01. The molecule has 3 aliphatic rings. The maximum atomic E-state index is 13.4. The van der Waals surface area contributed by atoms with Crippen molar-refractivity contribution in [2.45, 2.75) is 80.8 Å². The summed E-state index contributed by atoms with van der Waals surface area (Å²) in [5, 5.41) is 15.3. The Labute approximate surface area is 318 Å². The van der Waals surface area contributed by atoms with Crippen LogP contribution in [-0.2, 0) is 19.1 Å². The van der Waals surface area contributed by atoms with Crippen LogP contribution in [-0.4, -0.2) is 106 Å². The first-order valence-corrected chi connectivity index (χ1v) is 18.7. The Morgan fingerprint density at radius 1 is 0.887 bits per heavy atom. The van der Waals surface area contributed by atoms with E-state index in [1.54, 1.807) is 67.6 Å². The minimum absolute atomic E-state index is 0.0632. The van der Waals surface area contributed by atoms with Gasteiger partial charge in [0.25, 0.3) is 0 Å². The molecule has 2 aromatic rings. The molecular formula is C37H45Cl2N5O9. The number of aliphatic hydroxyl groups excluding tert-OH is 1. The second kappa shape index (κ2) is 19.1. The van der Waals surface area contributed by atoms with Crippen LogP contribution in [0.5, 0.6) is 11.5 Å². The number of aliphatic imine (C=N–C) groups is 1. The van der Waals surface area contributed by atoms with E-state index >= 15 is 0 Å². The highest BCUT2D eigenvalue weighted by atomic mass is 35.5. The van der Waals surface area contributed by atoms with Crippen LogP contribution < -0.4 is 20.1 Å². The smallest absolute Gasteiger partial charge is 0.422 e. The highest BCUT2D eigenvalue weighted by Gasteiger charge is 2.42. The predicted octanol–water partition coefficient (Wildman–Crippen LogP) is 4.46. The Morgan fingerprint density at radius 2 is 1.49 bits per heavy atom. The van der Waals surface area contributed by atoms with Crippen LogP contribution in [0.25, 0.3) is 0 Å². The number of para-hydroxylation sites is 2. The lowest BCUT2D eigenvalue weighted by molar-refractivity contribution is -0.144. The molecule has 286 valence electrons. The van der Waals surface area contributed by atoms with Crippen LogP contribution in [0, 0.1) is 11.8 Å². The zero-order valence-electron chi connectivity index (χ0n) is 29.4. The third-order valence-electron chi connectivity index (χ3n) is 9.48. The lowest BCUT2D eigenvalue weighted by Gasteiger charge is -2.38. The number of amides is 4. The van der Waals surface area contributed by atoms with Gasteiger partial charge in [-0.1, -0.05) is 42.8 Å². The number of carbonyl (C=O) groups excluding carboxylic acids is 5. The highest BCUT2D eigenvalue weighted by molar-refractivity contribution is 6.24. The summed E-state index contributed by atoms with van der Waals surface area (Å²) in [7, 11) is 0. The van der Waals surface area contributed by atoms with Crippen molar-refractivity contribution in [3.05, 3.63) is 60.7 Å². The van der Waals surface area contributed by atoms with Crippen LogP contribution in [0.15, 0.2) is 65.7 Å². The highest BCUT2D eigenvalue weighted by Crippen LogP contribution is 2.35. The third kappa shape index (κ3) is 11.1. The fourth-order valence-electron chi connectivity index (χ4n) is 6.87. The van der Waals surface area contributed by atoms with E-state index in [9.17, 15) is 29.1 Å². The van der Waals surface area contributed by atoms with Crippen LogP contribution in [0.4, 0.5) is 9.59 Å². The molecule has 1 saturated heterocycles. The lowest BCUT2D eigenvalue weighted by atomic mass is 9.79. The maximum Gasteiger partial charge on any atom is 0.422 e. The average Bonchev–Trinajstić information content (AvgIpc) is 3.56. The molecule has 0 bridgehead atoms. The second-order valence-corrected chi connectivity index (χ2v) is 14.4. The molecule has 1 heterocycles. The Kier molecular flexibility index (Phi) is 14.3. The number of esters is 1. The number of carbonyl (C=O) groups is 5. The normalized spacial score (nSPS) is 24.8. The molecule has 5 rings (SSSR count). The standard InChI is InChI=1S/C37H45Cl2N5O9/c1-2-51-32(46)21-30(28-19-24(38)20-29(39)33(28)47)42-31(45)22-40-34(48)23-10-9-11-25(18-23)41-35-43(36(49)52-26-12-5-3-6-13-26)16-17-44(35)37(50)53-27-14-7-4-8-15-27/h3-8,12-15,23-25,28-30,33,47H,2,9-11,16-22H2,1H3,(H,40,48)(H,42,45). The minimum Gasteiger partial charge on any atom is -0.466 e. The van der Waals surface area contributed by atoms with E-state index in [-0.39, 0.29) is 49.9 Å².